The van der Waals surface area contributed by atoms with Crippen LogP contribution in [0.5, 0.6) is 0 Å². The molecule has 0 radical (unpaired) electrons. The zero-order chi connectivity index (χ0) is 19.8. The molecule has 0 amide bonds. The summed E-state index contributed by atoms with van der Waals surface area (Å²) in [7, 11) is 0. The molecule has 1 aliphatic carbocycles. The molecule has 0 spiro atoms. The average molecular weight is 381 g/mol. The van der Waals surface area contributed by atoms with Crippen LogP contribution in [0.3, 0.4) is 0 Å². The van der Waals surface area contributed by atoms with Crippen LogP contribution in [0.1, 0.15) is 57.3 Å². The van der Waals surface area contributed by atoms with E-state index in [4.69, 9.17) is 4.74 Å². The standard InChI is InChI=1S/C25H33NO2/c1-24(2)14-21-15-25(3,18-24)26(21)16-22(27)17-28-23(19-10-6-4-7-11-19)20-12-8-5-9-13-20/h4-13,21-23,27H,14-18H2,1-3H3/p+1/t21-,22-,25-/m1/s1. The molecule has 2 bridgehead atoms. The van der Waals surface area contributed by atoms with Gasteiger partial charge in [-0.05, 0) is 23.5 Å². The monoisotopic (exact) mass is 380 g/mol. The van der Waals surface area contributed by atoms with Gasteiger partial charge in [-0.3, -0.25) is 0 Å². The van der Waals surface area contributed by atoms with Crippen LogP contribution in [-0.2, 0) is 4.74 Å². The third-order valence-corrected chi connectivity index (χ3v) is 6.75. The van der Waals surface area contributed by atoms with Gasteiger partial charge in [-0.15, -0.1) is 0 Å². The van der Waals surface area contributed by atoms with Gasteiger partial charge in [0.25, 0.3) is 0 Å². The molecule has 2 N–H and O–H groups in total. The zero-order valence-corrected chi connectivity index (χ0v) is 17.4. The van der Waals surface area contributed by atoms with E-state index in [0.29, 0.717) is 23.6 Å². The first-order chi connectivity index (χ1) is 13.4. The molecule has 2 saturated heterocycles. The second kappa shape index (κ2) is 7.62. The Hall–Kier alpha value is -1.68. The highest BCUT2D eigenvalue weighted by atomic mass is 16.5. The van der Waals surface area contributed by atoms with E-state index in [9.17, 15) is 5.11 Å². The molecule has 2 aromatic carbocycles. The summed E-state index contributed by atoms with van der Waals surface area (Å²) in [6, 6.07) is 21.3. The Morgan fingerprint density at radius 3 is 2.07 bits per heavy atom. The number of fused-ring (bicyclic) bond motifs is 2. The first kappa shape index (κ1) is 19.6. The van der Waals surface area contributed by atoms with Crippen molar-refractivity contribution in [1.82, 2.24) is 0 Å². The summed E-state index contributed by atoms with van der Waals surface area (Å²) in [6.07, 6.45) is 3.24. The number of rotatable bonds is 7. The lowest BCUT2D eigenvalue weighted by molar-refractivity contribution is -1.03. The van der Waals surface area contributed by atoms with Crippen LogP contribution in [0.15, 0.2) is 60.7 Å². The van der Waals surface area contributed by atoms with Crippen molar-refractivity contribution in [1.29, 1.82) is 0 Å². The lowest BCUT2D eigenvalue weighted by atomic mass is 9.59. The fourth-order valence-corrected chi connectivity index (χ4v) is 5.91. The molecule has 150 valence electrons. The van der Waals surface area contributed by atoms with Crippen LogP contribution < -0.4 is 4.90 Å². The van der Waals surface area contributed by atoms with Crippen molar-refractivity contribution in [2.45, 2.75) is 63.8 Å². The van der Waals surface area contributed by atoms with Crippen molar-refractivity contribution < 1.29 is 14.7 Å². The van der Waals surface area contributed by atoms with Gasteiger partial charge >= 0.3 is 0 Å². The summed E-state index contributed by atoms with van der Waals surface area (Å²) in [6.45, 7) is 8.32. The van der Waals surface area contributed by atoms with E-state index in [1.807, 2.05) is 36.4 Å². The Kier molecular flexibility index (Phi) is 5.34. The van der Waals surface area contributed by atoms with Gasteiger partial charge in [0, 0.05) is 12.8 Å². The van der Waals surface area contributed by atoms with E-state index in [2.05, 4.69) is 45.0 Å². The number of benzene rings is 2. The molecule has 5 rings (SSSR count). The van der Waals surface area contributed by atoms with Crippen molar-refractivity contribution in [3.8, 4) is 0 Å². The smallest absolute Gasteiger partial charge is 0.126 e. The summed E-state index contributed by atoms with van der Waals surface area (Å²) in [5.74, 6) is 0. The molecule has 1 saturated carbocycles. The molecular weight excluding hydrogens is 346 g/mol. The first-order valence-corrected chi connectivity index (χ1v) is 10.6. The number of quaternary nitrogens is 1. The van der Waals surface area contributed by atoms with Gasteiger partial charge in [0.1, 0.15) is 24.3 Å². The molecule has 3 nitrogen and oxygen atoms in total. The van der Waals surface area contributed by atoms with Gasteiger partial charge in [0.15, 0.2) is 0 Å². The van der Waals surface area contributed by atoms with Gasteiger partial charge in [-0.2, -0.15) is 0 Å². The maximum absolute atomic E-state index is 10.8. The second-order valence-corrected chi connectivity index (χ2v) is 9.92. The van der Waals surface area contributed by atoms with E-state index in [1.54, 1.807) is 4.90 Å². The Labute approximate surface area is 169 Å². The fourth-order valence-electron chi connectivity index (χ4n) is 5.91. The number of aliphatic hydroxyl groups excluding tert-OH is 1. The Bertz CT molecular complexity index is 736. The largest absolute Gasteiger partial charge is 0.385 e. The highest BCUT2D eigenvalue weighted by Crippen LogP contribution is 2.44. The summed E-state index contributed by atoms with van der Waals surface area (Å²) >= 11 is 0. The van der Waals surface area contributed by atoms with Gasteiger partial charge in [0.2, 0.25) is 0 Å². The zero-order valence-electron chi connectivity index (χ0n) is 17.4. The number of hydrogen-bond donors (Lipinski definition) is 2. The summed E-state index contributed by atoms with van der Waals surface area (Å²) < 4.78 is 6.28. The van der Waals surface area contributed by atoms with E-state index in [1.165, 1.54) is 19.3 Å². The third-order valence-electron chi connectivity index (χ3n) is 6.75. The van der Waals surface area contributed by atoms with Crippen LogP contribution in [0.4, 0.5) is 0 Å². The van der Waals surface area contributed by atoms with Crippen molar-refractivity contribution in [3.63, 3.8) is 0 Å². The van der Waals surface area contributed by atoms with Gasteiger partial charge in [0.05, 0.1) is 19.1 Å². The van der Waals surface area contributed by atoms with Gasteiger partial charge in [-0.25, -0.2) is 0 Å². The highest BCUT2D eigenvalue weighted by Gasteiger charge is 2.60. The lowest BCUT2D eigenvalue weighted by Crippen LogP contribution is -3.31. The molecule has 1 unspecified atom stereocenters. The summed E-state index contributed by atoms with van der Waals surface area (Å²) in [4.78, 5) is 1.58. The number of aliphatic hydroxyl groups is 1. The molecule has 2 aliphatic heterocycles. The Balaban J connectivity index is 1.39. The van der Waals surface area contributed by atoms with E-state index in [0.717, 1.165) is 17.7 Å². The van der Waals surface area contributed by atoms with Crippen molar-refractivity contribution in [3.05, 3.63) is 71.8 Å². The Morgan fingerprint density at radius 2 is 1.54 bits per heavy atom. The number of nitrogens with one attached hydrogen (secondary N) is 1. The maximum atomic E-state index is 10.8. The quantitative estimate of drug-likeness (QED) is 0.772. The third kappa shape index (κ3) is 4.03. The van der Waals surface area contributed by atoms with E-state index >= 15 is 0 Å². The molecule has 2 heterocycles. The molecule has 3 heteroatoms. The maximum Gasteiger partial charge on any atom is 0.126 e. The van der Waals surface area contributed by atoms with Gasteiger partial charge in [-0.1, -0.05) is 74.5 Å². The predicted molar refractivity (Wildman–Crippen MR) is 112 cm³/mol. The number of hydrogen-bond acceptors (Lipinski definition) is 2. The van der Waals surface area contributed by atoms with E-state index in [-0.39, 0.29) is 6.10 Å². The van der Waals surface area contributed by atoms with Gasteiger partial charge < -0.3 is 14.7 Å². The molecule has 2 aromatic rings. The molecule has 0 aromatic heterocycles. The van der Waals surface area contributed by atoms with E-state index < -0.39 is 6.10 Å². The minimum Gasteiger partial charge on any atom is -0.385 e. The molecule has 4 atom stereocenters. The Morgan fingerprint density at radius 1 is 0.964 bits per heavy atom. The van der Waals surface area contributed by atoms with Crippen molar-refractivity contribution >= 4 is 0 Å². The molecule has 28 heavy (non-hydrogen) atoms. The van der Waals surface area contributed by atoms with Crippen LogP contribution >= 0.6 is 0 Å². The van der Waals surface area contributed by atoms with Crippen molar-refractivity contribution in [2.24, 2.45) is 5.41 Å². The molecule has 3 aliphatic rings. The number of ether oxygens (including phenoxy) is 1. The lowest BCUT2D eigenvalue weighted by Gasteiger charge is -2.61. The molecular formula is C25H34NO2+. The first-order valence-electron chi connectivity index (χ1n) is 10.6. The minimum absolute atomic E-state index is 0.141. The van der Waals surface area contributed by atoms with Crippen LogP contribution in [0, 0.1) is 5.41 Å². The van der Waals surface area contributed by atoms with Crippen molar-refractivity contribution in [2.75, 3.05) is 13.2 Å². The average Bonchev–Trinajstić information content (AvgIpc) is 2.66. The minimum atomic E-state index is -0.437. The summed E-state index contributed by atoms with van der Waals surface area (Å²) in [5.41, 5.74) is 3.02. The summed E-state index contributed by atoms with van der Waals surface area (Å²) in [5, 5.41) is 10.8. The van der Waals surface area contributed by atoms with Crippen LogP contribution in [0.25, 0.3) is 0 Å². The van der Waals surface area contributed by atoms with Crippen LogP contribution in [0.2, 0.25) is 0 Å². The van der Waals surface area contributed by atoms with Crippen LogP contribution in [-0.4, -0.2) is 35.9 Å². The molecule has 3 fully saturated rings. The topological polar surface area (TPSA) is 33.9 Å². The number of piperidine rings is 1. The normalized spacial score (nSPS) is 29.3. The highest BCUT2D eigenvalue weighted by molar-refractivity contribution is 5.29. The predicted octanol–water partition coefficient (Wildman–Crippen LogP) is 3.39. The SMILES string of the molecule is CC1(C)C[C@@H]2C[C@](C)(C1)[NH+]2C[C@@H](O)COC(c1ccccc1)c1ccccc1. The second-order valence-electron chi connectivity index (χ2n) is 9.92. The fraction of sp³-hybridized carbons (Fsp3) is 0.520.